The summed E-state index contributed by atoms with van der Waals surface area (Å²) in [6.45, 7) is 1.11. The summed E-state index contributed by atoms with van der Waals surface area (Å²) in [4.78, 5) is 12.5. The van der Waals surface area contributed by atoms with Crippen molar-refractivity contribution in [2.24, 2.45) is 0 Å². The molecule has 3 nitrogen and oxygen atoms in total. The Balaban J connectivity index is 0. The predicted molar refractivity (Wildman–Crippen MR) is 21.5 cm³/mol. The first-order chi connectivity index (χ1) is 2.27. The van der Waals surface area contributed by atoms with Crippen LogP contribution in [0.4, 0.5) is 0 Å². The van der Waals surface area contributed by atoms with Crippen molar-refractivity contribution in [3.05, 3.63) is 0 Å². The molecule has 0 radical (unpaired) electrons. The van der Waals surface area contributed by atoms with Crippen LogP contribution >= 0.6 is 0 Å². The second kappa shape index (κ2) is 5.03. The molecular weight excluding hydrogens is 79.0 g/mol. The zero-order valence-corrected chi connectivity index (χ0v) is 2.76. The van der Waals surface area contributed by atoms with Crippen LogP contribution in [0, 0.1) is 0 Å². The second-order valence-electron chi connectivity index (χ2n) is 0.583. The van der Waals surface area contributed by atoms with Gasteiger partial charge >= 0.3 is 24.8 Å². The fraction of sp³-hybridized carbons (Fsp3) is 0.500. The van der Waals surface area contributed by atoms with Gasteiger partial charge in [-0.15, -0.1) is 0 Å². The van der Waals surface area contributed by atoms with E-state index in [1.807, 2.05) is 0 Å². The van der Waals surface area contributed by atoms with Crippen molar-refractivity contribution >= 4 is 24.8 Å². The molecule has 0 aliphatic carbocycles. The third kappa shape index (κ3) is 8.98. The molecule has 0 bridgehead atoms. The monoisotopic (exact) mass is 84.0 g/mol. The Morgan fingerprint density at radius 2 is 2.00 bits per heavy atom. The van der Waals surface area contributed by atoms with E-state index in [2.05, 4.69) is 4.89 Å². The van der Waals surface area contributed by atoms with Crippen LogP contribution < -0.4 is 0 Å². The third-order valence-corrected chi connectivity index (χ3v) is 0.129. The summed E-state index contributed by atoms with van der Waals surface area (Å²) >= 11 is 0. The van der Waals surface area contributed by atoms with E-state index in [4.69, 9.17) is 5.26 Å². The molecule has 4 heteroatoms. The summed E-state index contributed by atoms with van der Waals surface area (Å²) < 4.78 is 0. The van der Waals surface area contributed by atoms with Crippen LogP contribution in [-0.2, 0) is 9.68 Å². The summed E-state index contributed by atoms with van der Waals surface area (Å²) in [6.07, 6.45) is 0. The molecule has 0 unspecified atom stereocenters. The topological polar surface area (TPSA) is 46.5 Å². The molecule has 0 rings (SSSR count). The van der Waals surface area contributed by atoms with Crippen LogP contribution in [0.3, 0.4) is 0 Å². The van der Waals surface area contributed by atoms with E-state index in [0.29, 0.717) is 0 Å². The molecule has 0 spiro atoms. The van der Waals surface area contributed by atoms with Crippen molar-refractivity contribution in [3.8, 4) is 0 Å². The number of carbonyl (C=O) groups is 1. The molecule has 0 atom stereocenters. The van der Waals surface area contributed by atoms with Gasteiger partial charge in [0.1, 0.15) is 0 Å². The molecule has 0 aromatic carbocycles. The van der Waals surface area contributed by atoms with Crippen LogP contribution in [0.5, 0.6) is 0 Å². The van der Waals surface area contributed by atoms with Gasteiger partial charge in [-0.1, -0.05) is 0 Å². The fourth-order valence-corrected chi connectivity index (χ4v) is 0. The first-order valence-electron chi connectivity index (χ1n) is 1.09. The maximum atomic E-state index is 9.34. The van der Waals surface area contributed by atoms with Gasteiger partial charge in [-0.3, -0.25) is 0 Å². The van der Waals surface area contributed by atoms with E-state index in [1.165, 1.54) is 0 Å². The van der Waals surface area contributed by atoms with Gasteiger partial charge in [0.25, 0.3) is 0 Å². The van der Waals surface area contributed by atoms with Gasteiger partial charge in [0.2, 0.25) is 0 Å². The zero-order chi connectivity index (χ0) is 4.28. The molecular formula is C2H5LiO3. The molecule has 0 saturated heterocycles. The van der Waals surface area contributed by atoms with Crippen molar-refractivity contribution in [2.45, 2.75) is 6.92 Å². The molecule has 0 heterocycles. The van der Waals surface area contributed by atoms with Gasteiger partial charge in [0.15, 0.2) is 0 Å². The minimum atomic E-state index is -0.690. The van der Waals surface area contributed by atoms with Gasteiger partial charge in [0, 0.05) is 6.92 Å². The van der Waals surface area contributed by atoms with Crippen LogP contribution in [0.2, 0.25) is 0 Å². The number of rotatable bonds is 0. The van der Waals surface area contributed by atoms with Gasteiger partial charge in [-0.25, -0.2) is 4.79 Å². The van der Waals surface area contributed by atoms with Crippen molar-refractivity contribution in [1.82, 2.24) is 0 Å². The second-order valence-corrected chi connectivity index (χ2v) is 0.583. The van der Waals surface area contributed by atoms with Crippen molar-refractivity contribution in [2.75, 3.05) is 0 Å². The third-order valence-electron chi connectivity index (χ3n) is 0.129. The molecule has 0 aliphatic rings. The van der Waals surface area contributed by atoms with Gasteiger partial charge in [-0.05, 0) is 0 Å². The SMILES string of the molecule is CC(=O)OO.[LiH]. The first kappa shape index (κ1) is 9.39. The molecule has 0 amide bonds. The average Bonchev–Trinajstić information content (AvgIpc) is 1.38. The number of hydrogen-bond donors (Lipinski definition) is 1. The predicted octanol–water partition coefficient (Wildman–Crippen LogP) is -0.626. The maximum absolute atomic E-state index is 9.34. The minimum absolute atomic E-state index is 0. The fourth-order valence-electron chi connectivity index (χ4n) is 0. The Morgan fingerprint density at radius 3 is 2.00 bits per heavy atom. The van der Waals surface area contributed by atoms with E-state index < -0.39 is 5.97 Å². The van der Waals surface area contributed by atoms with Gasteiger partial charge in [-0.2, -0.15) is 5.26 Å². The van der Waals surface area contributed by atoms with Gasteiger partial charge < -0.3 is 4.89 Å². The molecule has 6 heavy (non-hydrogen) atoms. The standard InChI is InChI=1S/C2H4O3.Li.H/c1-2(3)5-4;;/h4H,1H3;;. The van der Waals surface area contributed by atoms with Crippen LogP contribution in [0.25, 0.3) is 0 Å². The Morgan fingerprint density at radius 1 is 1.83 bits per heavy atom. The zero-order valence-electron chi connectivity index (χ0n) is 2.76. The summed E-state index contributed by atoms with van der Waals surface area (Å²) in [5.41, 5.74) is 0. The normalized spacial score (nSPS) is 5.67. The summed E-state index contributed by atoms with van der Waals surface area (Å²) in [5.74, 6) is -0.690. The molecule has 0 fully saturated rings. The van der Waals surface area contributed by atoms with Crippen LogP contribution in [0.1, 0.15) is 6.92 Å². The van der Waals surface area contributed by atoms with E-state index in [-0.39, 0.29) is 18.9 Å². The molecule has 0 saturated carbocycles. The quantitative estimate of drug-likeness (QED) is 0.241. The van der Waals surface area contributed by atoms with Crippen molar-refractivity contribution in [3.63, 3.8) is 0 Å². The Hall–Kier alpha value is 0.0274. The van der Waals surface area contributed by atoms with E-state index in [0.717, 1.165) is 6.92 Å². The molecule has 32 valence electrons. The Bertz CT molecular complexity index is 44.1. The van der Waals surface area contributed by atoms with Crippen LogP contribution in [0.15, 0.2) is 0 Å². The first-order valence-corrected chi connectivity index (χ1v) is 1.09. The molecule has 1 N–H and O–H groups in total. The Kier molecular flexibility index (Phi) is 7.87. The summed E-state index contributed by atoms with van der Waals surface area (Å²) in [7, 11) is 0. The van der Waals surface area contributed by atoms with Crippen molar-refractivity contribution < 1.29 is 14.9 Å². The molecule has 0 aliphatic heterocycles. The Labute approximate surface area is 47.4 Å². The van der Waals surface area contributed by atoms with Gasteiger partial charge in [0.05, 0.1) is 0 Å². The summed E-state index contributed by atoms with van der Waals surface area (Å²) in [5, 5.41) is 7.29. The van der Waals surface area contributed by atoms with Crippen LogP contribution in [-0.4, -0.2) is 30.1 Å². The average molecular weight is 84.0 g/mol. The van der Waals surface area contributed by atoms with Crippen molar-refractivity contribution in [1.29, 1.82) is 0 Å². The molecule has 0 aromatic heterocycles. The number of carbonyl (C=O) groups excluding carboxylic acids is 1. The number of hydrogen-bond acceptors (Lipinski definition) is 3. The van der Waals surface area contributed by atoms with E-state index in [9.17, 15) is 4.79 Å². The summed E-state index contributed by atoms with van der Waals surface area (Å²) in [6, 6.07) is 0. The van der Waals surface area contributed by atoms with E-state index >= 15 is 0 Å². The van der Waals surface area contributed by atoms with E-state index in [1.54, 1.807) is 0 Å². The molecule has 0 aromatic rings.